The van der Waals surface area contributed by atoms with Gasteiger partial charge < -0.3 is 15.5 Å². The minimum Gasteiger partial charge on any atom is -0.368 e. The number of halogens is 1. The van der Waals surface area contributed by atoms with Crippen LogP contribution in [0.3, 0.4) is 0 Å². The summed E-state index contributed by atoms with van der Waals surface area (Å²) in [7, 11) is 4.05. The summed E-state index contributed by atoms with van der Waals surface area (Å²) in [5.41, 5.74) is 1.23. The monoisotopic (exact) mass is 320 g/mol. The standard InChI is InChI=1S/C15H21ClN6/c1-22(2)10-9-18-15-20-14(11-19-21-15)17-8-7-12-3-5-13(16)6-4-12/h3-6,11H,7-10H2,1-2H3,(H2,17,18,20,21). The number of likely N-dealkylation sites (N-methyl/N-ethyl adjacent to an activating group) is 1. The summed E-state index contributed by atoms with van der Waals surface area (Å²) in [5.74, 6) is 1.26. The van der Waals surface area contributed by atoms with Crippen LogP contribution >= 0.6 is 11.6 Å². The number of rotatable bonds is 8. The fraction of sp³-hybridized carbons (Fsp3) is 0.400. The maximum Gasteiger partial charge on any atom is 0.244 e. The zero-order chi connectivity index (χ0) is 15.8. The van der Waals surface area contributed by atoms with Crippen LogP contribution in [0.5, 0.6) is 0 Å². The highest BCUT2D eigenvalue weighted by atomic mass is 35.5. The minimum absolute atomic E-state index is 0.540. The first-order valence-electron chi connectivity index (χ1n) is 7.20. The summed E-state index contributed by atoms with van der Waals surface area (Å²) in [6, 6.07) is 7.85. The van der Waals surface area contributed by atoms with E-state index >= 15 is 0 Å². The number of aromatic nitrogens is 3. The van der Waals surface area contributed by atoms with Crippen LogP contribution in [0, 0.1) is 0 Å². The van der Waals surface area contributed by atoms with Crippen molar-refractivity contribution >= 4 is 23.4 Å². The Hall–Kier alpha value is -1.92. The maximum absolute atomic E-state index is 5.87. The highest BCUT2D eigenvalue weighted by Gasteiger charge is 2.00. The zero-order valence-corrected chi connectivity index (χ0v) is 13.6. The van der Waals surface area contributed by atoms with Gasteiger partial charge in [0.05, 0.1) is 6.20 Å². The van der Waals surface area contributed by atoms with Crippen molar-refractivity contribution in [3.63, 3.8) is 0 Å². The number of nitrogens with one attached hydrogen (secondary N) is 2. The van der Waals surface area contributed by atoms with Gasteiger partial charge in [0.15, 0.2) is 5.82 Å². The number of hydrogen-bond donors (Lipinski definition) is 2. The average Bonchev–Trinajstić information content (AvgIpc) is 2.49. The summed E-state index contributed by atoms with van der Waals surface area (Å²) in [6.07, 6.45) is 2.52. The molecular weight excluding hydrogens is 300 g/mol. The summed E-state index contributed by atoms with van der Waals surface area (Å²) in [5, 5.41) is 15.1. The van der Waals surface area contributed by atoms with Crippen molar-refractivity contribution in [1.29, 1.82) is 0 Å². The molecule has 2 N–H and O–H groups in total. The molecule has 2 rings (SSSR count). The second-order valence-corrected chi connectivity index (χ2v) is 5.63. The van der Waals surface area contributed by atoms with E-state index in [1.165, 1.54) is 5.56 Å². The highest BCUT2D eigenvalue weighted by molar-refractivity contribution is 6.30. The molecule has 22 heavy (non-hydrogen) atoms. The number of anilines is 2. The lowest BCUT2D eigenvalue weighted by atomic mass is 10.1. The van der Waals surface area contributed by atoms with Gasteiger partial charge in [0.25, 0.3) is 0 Å². The van der Waals surface area contributed by atoms with E-state index in [0.29, 0.717) is 5.95 Å². The van der Waals surface area contributed by atoms with Gasteiger partial charge in [-0.15, -0.1) is 5.10 Å². The molecule has 0 aliphatic heterocycles. The normalized spacial score (nSPS) is 10.7. The third-order valence-corrected chi connectivity index (χ3v) is 3.29. The minimum atomic E-state index is 0.540. The van der Waals surface area contributed by atoms with E-state index in [1.54, 1.807) is 6.20 Å². The van der Waals surface area contributed by atoms with Crippen molar-refractivity contribution in [2.45, 2.75) is 6.42 Å². The number of benzene rings is 1. The summed E-state index contributed by atoms with van der Waals surface area (Å²) < 4.78 is 0. The lowest BCUT2D eigenvalue weighted by molar-refractivity contribution is 0.425. The zero-order valence-electron chi connectivity index (χ0n) is 12.9. The molecule has 0 radical (unpaired) electrons. The largest absolute Gasteiger partial charge is 0.368 e. The Morgan fingerprint density at radius 1 is 1.09 bits per heavy atom. The van der Waals surface area contributed by atoms with Crippen LogP contribution in [0.15, 0.2) is 30.5 Å². The SMILES string of the molecule is CN(C)CCNc1nncc(NCCc2ccc(Cl)cc2)n1. The Kier molecular flexibility index (Phi) is 6.36. The third kappa shape index (κ3) is 5.83. The van der Waals surface area contributed by atoms with Crippen LogP contribution in [0.25, 0.3) is 0 Å². The van der Waals surface area contributed by atoms with Gasteiger partial charge in [-0.25, -0.2) is 0 Å². The van der Waals surface area contributed by atoms with Crippen molar-refractivity contribution in [2.75, 3.05) is 44.4 Å². The van der Waals surface area contributed by atoms with Gasteiger partial charge in [0.2, 0.25) is 5.95 Å². The highest BCUT2D eigenvalue weighted by Crippen LogP contribution is 2.10. The number of nitrogens with zero attached hydrogens (tertiary/aromatic N) is 4. The van der Waals surface area contributed by atoms with E-state index < -0.39 is 0 Å². The van der Waals surface area contributed by atoms with Crippen molar-refractivity contribution in [3.8, 4) is 0 Å². The Labute approximate surface area is 135 Å². The molecule has 0 saturated heterocycles. The fourth-order valence-corrected chi connectivity index (χ4v) is 1.97. The van der Waals surface area contributed by atoms with Gasteiger partial charge in [-0.3, -0.25) is 0 Å². The molecule has 1 heterocycles. The Morgan fingerprint density at radius 2 is 1.86 bits per heavy atom. The van der Waals surface area contributed by atoms with Gasteiger partial charge in [-0.05, 0) is 38.2 Å². The second-order valence-electron chi connectivity index (χ2n) is 5.20. The second kappa shape index (κ2) is 8.51. The van der Waals surface area contributed by atoms with E-state index in [0.717, 1.165) is 36.9 Å². The van der Waals surface area contributed by atoms with Crippen molar-refractivity contribution in [1.82, 2.24) is 20.1 Å². The van der Waals surface area contributed by atoms with Gasteiger partial charge in [-0.2, -0.15) is 10.1 Å². The summed E-state index contributed by atoms with van der Waals surface area (Å²) in [6.45, 7) is 2.47. The Balaban J connectivity index is 1.78. The van der Waals surface area contributed by atoms with Gasteiger partial charge in [0.1, 0.15) is 0 Å². The molecule has 118 valence electrons. The van der Waals surface area contributed by atoms with E-state index in [1.807, 2.05) is 38.4 Å². The van der Waals surface area contributed by atoms with Gasteiger partial charge >= 0.3 is 0 Å². The predicted molar refractivity (Wildman–Crippen MR) is 90.5 cm³/mol. The first-order chi connectivity index (χ1) is 10.6. The Bertz CT molecular complexity index is 573. The molecule has 1 aromatic carbocycles. The quantitative estimate of drug-likeness (QED) is 0.777. The molecule has 1 aromatic heterocycles. The molecule has 0 bridgehead atoms. The molecule has 0 fully saturated rings. The molecular formula is C15H21ClN6. The molecule has 0 aliphatic rings. The van der Waals surface area contributed by atoms with Crippen LogP contribution < -0.4 is 10.6 Å². The third-order valence-electron chi connectivity index (χ3n) is 3.03. The van der Waals surface area contributed by atoms with Crippen molar-refractivity contribution in [2.24, 2.45) is 0 Å². The van der Waals surface area contributed by atoms with Crippen LogP contribution in [-0.4, -0.2) is 53.8 Å². The first-order valence-corrected chi connectivity index (χ1v) is 7.58. The smallest absolute Gasteiger partial charge is 0.244 e. The van der Waals surface area contributed by atoms with Gasteiger partial charge in [0, 0.05) is 24.7 Å². The maximum atomic E-state index is 5.87. The van der Waals surface area contributed by atoms with E-state index in [2.05, 4.69) is 30.7 Å². The van der Waals surface area contributed by atoms with Crippen molar-refractivity contribution in [3.05, 3.63) is 41.0 Å². The molecule has 7 heteroatoms. The lowest BCUT2D eigenvalue weighted by Gasteiger charge is -2.10. The molecule has 0 amide bonds. The Morgan fingerprint density at radius 3 is 2.59 bits per heavy atom. The van der Waals surface area contributed by atoms with Crippen molar-refractivity contribution < 1.29 is 0 Å². The van der Waals surface area contributed by atoms with E-state index in [-0.39, 0.29) is 0 Å². The van der Waals surface area contributed by atoms with E-state index in [4.69, 9.17) is 11.6 Å². The molecule has 0 saturated carbocycles. The van der Waals surface area contributed by atoms with Gasteiger partial charge in [-0.1, -0.05) is 23.7 Å². The lowest BCUT2D eigenvalue weighted by Crippen LogP contribution is -2.21. The fourth-order valence-electron chi connectivity index (χ4n) is 1.84. The molecule has 0 atom stereocenters. The van der Waals surface area contributed by atoms with E-state index in [9.17, 15) is 0 Å². The molecule has 0 unspecified atom stereocenters. The summed E-state index contributed by atoms with van der Waals surface area (Å²) >= 11 is 5.87. The first kappa shape index (κ1) is 16.5. The summed E-state index contributed by atoms with van der Waals surface area (Å²) in [4.78, 5) is 6.47. The van der Waals surface area contributed by atoms with Crippen LogP contribution in [0.1, 0.15) is 5.56 Å². The molecule has 6 nitrogen and oxygen atoms in total. The predicted octanol–water partition coefficient (Wildman–Crippen LogP) is 2.15. The van der Waals surface area contributed by atoms with Crippen LogP contribution in [0.4, 0.5) is 11.8 Å². The van der Waals surface area contributed by atoms with Crippen LogP contribution in [0.2, 0.25) is 5.02 Å². The average molecular weight is 321 g/mol. The molecule has 2 aromatic rings. The topological polar surface area (TPSA) is 66.0 Å². The number of hydrogen-bond acceptors (Lipinski definition) is 6. The molecule has 0 spiro atoms. The van der Waals surface area contributed by atoms with Crippen LogP contribution in [-0.2, 0) is 6.42 Å². The molecule has 0 aliphatic carbocycles.